The molecule has 2 heteroatoms. The number of benzene rings is 1. The number of Topliss-reactive ketones (excluding diaryl/α,β-unsaturated/α-hetero) is 1. The molecule has 0 bridgehead atoms. The van der Waals surface area contributed by atoms with E-state index in [-0.39, 0.29) is 5.78 Å². The van der Waals surface area contributed by atoms with Crippen LogP contribution >= 0.6 is 0 Å². The Morgan fingerprint density at radius 1 is 1.12 bits per heavy atom. The Labute approximate surface area is 97.6 Å². The summed E-state index contributed by atoms with van der Waals surface area (Å²) in [5.41, 5.74) is 4.30. The second-order valence-corrected chi connectivity index (χ2v) is 4.12. The van der Waals surface area contributed by atoms with E-state index in [1.807, 2.05) is 26.8 Å². The van der Waals surface area contributed by atoms with E-state index < -0.39 is 0 Å². The van der Waals surface area contributed by atoms with Crippen molar-refractivity contribution >= 4 is 5.78 Å². The quantitative estimate of drug-likeness (QED) is 0.562. The number of aryl methyl sites for hydroxylation is 3. The predicted molar refractivity (Wildman–Crippen MR) is 66.1 cm³/mol. The second kappa shape index (κ2) is 5.80. The molecule has 88 valence electrons. The van der Waals surface area contributed by atoms with E-state index >= 15 is 0 Å². The zero-order valence-corrected chi connectivity index (χ0v) is 10.6. The van der Waals surface area contributed by atoms with Gasteiger partial charge in [0.2, 0.25) is 0 Å². The molecule has 0 heterocycles. The minimum Gasteiger partial charge on any atom is -0.381 e. The van der Waals surface area contributed by atoms with Crippen LogP contribution in [0.15, 0.2) is 12.1 Å². The molecule has 0 radical (unpaired) electrons. The Balaban J connectivity index is 2.79. The highest BCUT2D eigenvalue weighted by molar-refractivity contribution is 5.97. The van der Waals surface area contributed by atoms with E-state index in [9.17, 15) is 4.79 Å². The summed E-state index contributed by atoms with van der Waals surface area (Å²) in [5.74, 6) is 0.175. The maximum absolute atomic E-state index is 11.9. The molecule has 0 fully saturated rings. The number of ketones is 1. The van der Waals surface area contributed by atoms with Crippen LogP contribution in [-0.4, -0.2) is 19.0 Å². The van der Waals surface area contributed by atoms with Crippen LogP contribution in [0.25, 0.3) is 0 Å². The Hall–Kier alpha value is -1.15. The molecule has 0 N–H and O–H groups in total. The molecule has 1 aromatic rings. The number of carbonyl (C=O) groups is 1. The van der Waals surface area contributed by atoms with Crippen LogP contribution in [0.3, 0.4) is 0 Å². The van der Waals surface area contributed by atoms with Crippen molar-refractivity contribution in [3.63, 3.8) is 0 Å². The molecule has 0 unspecified atom stereocenters. The van der Waals surface area contributed by atoms with E-state index in [2.05, 4.69) is 13.0 Å². The Morgan fingerprint density at radius 2 is 1.75 bits per heavy atom. The van der Waals surface area contributed by atoms with E-state index in [1.54, 1.807) is 0 Å². The van der Waals surface area contributed by atoms with Gasteiger partial charge in [-0.05, 0) is 50.5 Å². The summed E-state index contributed by atoms with van der Waals surface area (Å²) in [6, 6.07) is 4.06. The second-order valence-electron chi connectivity index (χ2n) is 4.12. The highest BCUT2D eigenvalue weighted by Gasteiger charge is 2.10. The normalized spacial score (nSPS) is 10.5. The summed E-state index contributed by atoms with van der Waals surface area (Å²) in [6.45, 7) is 9.21. The predicted octanol–water partition coefficient (Wildman–Crippen LogP) is 3.22. The minimum absolute atomic E-state index is 0.175. The average molecular weight is 220 g/mol. The molecule has 1 rings (SSSR count). The third kappa shape index (κ3) is 3.17. The molecule has 0 atom stereocenters. The van der Waals surface area contributed by atoms with Gasteiger partial charge in [0.25, 0.3) is 0 Å². The lowest BCUT2D eigenvalue weighted by molar-refractivity contribution is 0.0895. The van der Waals surface area contributed by atoms with Gasteiger partial charge in [0.05, 0.1) is 6.61 Å². The first-order valence-corrected chi connectivity index (χ1v) is 5.75. The zero-order chi connectivity index (χ0) is 12.1. The van der Waals surface area contributed by atoms with Crippen molar-refractivity contribution < 1.29 is 9.53 Å². The summed E-state index contributed by atoms with van der Waals surface area (Å²) in [5, 5.41) is 0. The SMILES string of the molecule is CCOCCC(=O)c1cc(C)c(C)cc1C. The van der Waals surface area contributed by atoms with Gasteiger partial charge in [-0.15, -0.1) is 0 Å². The van der Waals surface area contributed by atoms with Crippen LogP contribution in [-0.2, 0) is 4.74 Å². The summed E-state index contributed by atoms with van der Waals surface area (Å²) in [6.07, 6.45) is 0.469. The van der Waals surface area contributed by atoms with Gasteiger partial charge in [-0.1, -0.05) is 6.07 Å². The van der Waals surface area contributed by atoms with Crippen LogP contribution < -0.4 is 0 Å². The summed E-state index contributed by atoms with van der Waals surface area (Å²) in [7, 11) is 0. The standard InChI is InChI=1S/C14H20O2/c1-5-16-7-6-14(15)13-9-11(3)10(2)8-12(13)4/h8-9H,5-7H2,1-4H3. The van der Waals surface area contributed by atoms with Crippen LogP contribution in [0.1, 0.15) is 40.4 Å². The lowest BCUT2D eigenvalue weighted by atomic mass is 9.97. The number of carbonyl (C=O) groups excluding carboxylic acids is 1. The Bertz CT molecular complexity index is 381. The fourth-order valence-electron chi connectivity index (χ4n) is 1.70. The van der Waals surface area contributed by atoms with Gasteiger partial charge in [-0.25, -0.2) is 0 Å². The van der Waals surface area contributed by atoms with E-state index in [4.69, 9.17) is 4.74 Å². The van der Waals surface area contributed by atoms with Crippen molar-refractivity contribution in [1.82, 2.24) is 0 Å². The lowest BCUT2D eigenvalue weighted by Crippen LogP contribution is -2.07. The fraction of sp³-hybridized carbons (Fsp3) is 0.500. The highest BCUT2D eigenvalue weighted by Crippen LogP contribution is 2.16. The molecule has 0 aliphatic carbocycles. The highest BCUT2D eigenvalue weighted by atomic mass is 16.5. The summed E-state index contributed by atoms with van der Waals surface area (Å²) >= 11 is 0. The van der Waals surface area contributed by atoms with Crippen LogP contribution in [0.4, 0.5) is 0 Å². The van der Waals surface area contributed by atoms with Gasteiger partial charge in [0, 0.05) is 18.6 Å². The molecule has 0 saturated carbocycles. The minimum atomic E-state index is 0.175. The van der Waals surface area contributed by atoms with Crippen molar-refractivity contribution in [2.45, 2.75) is 34.1 Å². The van der Waals surface area contributed by atoms with Gasteiger partial charge in [0.1, 0.15) is 0 Å². The number of rotatable bonds is 5. The van der Waals surface area contributed by atoms with Crippen LogP contribution in [0.2, 0.25) is 0 Å². The number of hydrogen-bond acceptors (Lipinski definition) is 2. The first kappa shape index (κ1) is 12.9. The van der Waals surface area contributed by atoms with E-state index in [0.717, 1.165) is 11.1 Å². The average Bonchev–Trinajstić information content (AvgIpc) is 2.23. The Morgan fingerprint density at radius 3 is 2.38 bits per heavy atom. The topological polar surface area (TPSA) is 26.3 Å². The Kier molecular flexibility index (Phi) is 4.69. The van der Waals surface area contributed by atoms with Crippen molar-refractivity contribution in [3.8, 4) is 0 Å². The molecule has 0 aliphatic heterocycles. The third-order valence-corrected chi connectivity index (χ3v) is 2.82. The maximum atomic E-state index is 11.9. The van der Waals surface area contributed by atoms with E-state index in [1.165, 1.54) is 11.1 Å². The lowest BCUT2D eigenvalue weighted by Gasteiger charge is -2.09. The van der Waals surface area contributed by atoms with Crippen LogP contribution in [0.5, 0.6) is 0 Å². The monoisotopic (exact) mass is 220 g/mol. The molecular formula is C14H20O2. The maximum Gasteiger partial charge on any atom is 0.165 e. The molecule has 1 aromatic carbocycles. The molecule has 0 spiro atoms. The molecular weight excluding hydrogens is 200 g/mol. The zero-order valence-electron chi connectivity index (χ0n) is 10.6. The first-order valence-electron chi connectivity index (χ1n) is 5.75. The molecule has 0 saturated heterocycles. The van der Waals surface area contributed by atoms with Crippen molar-refractivity contribution in [2.75, 3.05) is 13.2 Å². The van der Waals surface area contributed by atoms with Crippen molar-refractivity contribution in [1.29, 1.82) is 0 Å². The van der Waals surface area contributed by atoms with Gasteiger partial charge < -0.3 is 4.74 Å². The smallest absolute Gasteiger partial charge is 0.165 e. The molecule has 0 aromatic heterocycles. The fourth-order valence-corrected chi connectivity index (χ4v) is 1.70. The van der Waals surface area contributed by atoms with Crippen LogP contribution in [0, 0.1) is 20.8 Å². The third-order valence-electron chi connectivity index (χ3n) is 2.82. The van der Waals surface area contributed by atoms with Gasteiger partial charge in [-0.3, -0.25) is 4.79 Å². The van der Waals surface area contributed by atoms with Crippen molar-refractivity contribution in [3.05, 3.63) is 34.4 Å². The largest absolute Gasteiger partial charge is 0.381 e. The van der Waals surface area contributed by atoms with E-state index in [0.29, 0.717) is 19.6 Å². The first-order chi connectivity index (χ1) is 7.56. The summed E-state index contributed by atoms with van der Waals surface area (Å²) < 4.78 is 5.20. The van der Waals surface area contributed by atoms with Gasteiger partial charge in [0.15, 0.2) is 5.78 Å². The van der Waals surface area contributed by atoms with Gasteiger partial charge in [-0.2, -0.15) is 0 Å². The molecule has 0 amide bonds. The molecule has 2 nitrogen and oxygen atoms in total. The van der Waals surface area contributed by atoms with Gasteiger partial charge >= 0.3 is 0 Å². The molecule has 0 aliphatic rings. The molecule has 16 heavy (non-hydrogen) atoms. The number of hydrogen-bond donors (Lipinski definition) is 0. The van der Waals surface area contributed by atoms with Crippen molar-refractivity contribution in [2.24, 2.45) is 0 Å². The number of ether oxygens (including phenoxy) is 1. The summed E-state index contributed by atoms with van der Waals surface area (Å²) in [4.78, 5) is 11.9.